The molecule has 1 amide bonds. The number of nitrogens with zero attached hydrogens (tertiary/aromatic N) is 5. The Labute approximate surface area is 189 Å². The number of anilines is 1. The van der Waals surface area contributed by atoms with Gasteiger partial charge in [-0.2, -0.15) is 10.2 Å². The van der Waals surface area contributed by atoms with E-state index in [1.807, 2.05) is 48.2 Å². The first-order valence-corrected chi connectivity index (χ1v) is 11.2. The van der Waals surface area contributed by atoms with E-state index in [4.69, 9.17) is 0 Å². The minimum Gasteiger partial charge on any atom is -0.319 e. The maximum absolute atomic E-state index is 13.2. The Bertz CT molecular complexity index is 1430. The van der Waals surface area contributed by atoms with Gasteiger partial charge in [0.25, 0.3) is 5.91 Å². The van der Waals surface area contributed by atoms with Crippen LogP contribution in [-0.2, 0) is 6.54 Å². The van der Waals surface area contributed by atoms with Gasteiger partial charge in [0.05, 0.1) is 40.4 Å². The number of hydrogen-bond acceptors (Lipinski definition) is 5. The van der Waals surface area contributed by atoms with Crippen LogP contribution >= 0.6 is 11.3 Å². The summed E-state index contributed by atoms with van der Waals surface area (Å²) in [5.41, 5.74) is 6.62. The van der Waals surface area contributed by atoms with Crippen molar-refractivity contribution < 1.29 is 4.79 Å². The number of thiophene rings is 1. The number of aromatic nitrogens is 5. The molecule has 0 aliphatic rings. The van der Waals surface area contributed by atoms with Crippen LogP contribution in [0.2, 0.25) is 0 Å². The number of carbonyl (C=O) groups is 1. The number of amides is 1. The lowest BCUT2D eigenvalue weighted by Crippen LogP contribution is -2.13. The second-order valence-electron chi connectivity index (χ2n) is 7.75. The highest BCUT2D eigenvalue weighted by Gasteiger charge is 2.20. The fourth-order valence-electron chi connectivity index (χ4n) is 3.86. The maximum Gasteiger partial charge on any atom is 0.261 e. The topological polar surface area (TPSA) is 77.1 Å². The molecule has 0 radical (unpaired) electrons. The molecule has 32 heavy (non-hydrogen) atoms. The average Bonchev–Trinajstić information content (AvgIpc) is 3.50. The normalized spacial score (nSPS) is 11.2. The van der Waals surface area contributed by atoms with Crippen LogP contribution in [0.1, 0.15) is 32.9 Å². The molecule has 0 saturated carbocycles. The molecule has 0 bridgehead atoms. The molecule has 5 rings (SSSR count). The molecule has 0 atom stereocenters. The first-order valence-electron chi connectivity index (χ1n) is 10.3. The summed E-state index contributed by atoms with van der Waals surface area (Å²) in [5, 5.41) is 14.1. The molecule has 7 nitrogen and oxygen atoms in total. The van der Waals surface area contributed by atoms with Crippen molar-refractivity contribution in [3.8, 4) is 10.6 Å². The molecule has 0 fully saturated rings. The number of aryl methyl sites for hydroxylation is 2. The Morgan fingerprint density at radius 3 is 2.78 bits per heavy atom. The molecule has 1 aromatic carbocycles. The van der Waals surface area contributed by atoms with E-state index in [0.717, 1.165) is 27.6 Å². The van der Waals surface area contributed by atoms with Crippen molar-refractivity contribution in [2.24, 2.45) is 0 Å². The number of benzene rings is 1. The van der Waals surface area contributed by atoms with E-state index in [2.05, 4.69) is 45.6 Å². The molecule has 4 heterocycles. The van der Waals surface area contributed by atoms with Crippen LogP contribution in [0, 0.1) is 20.8 Å². The zero-order valence-corrected chi connectivity index (χ0v) is 18.8. The summed E-state index contributed by atoms with van der Waals surface area (Å²) in [7, 11) is 0. The molecule has 0 unspecified atom stereocenters. The summed E-state index contributed by atoms with van der Waals surface area (Å²) in [6.45, 7) is 6.59. The lowest BCUT2D eigenvalue weighted by molar-refractivity contribution is 0.102. The predicted octanol–water partition coefficient (Wildman–Crippen LogP) is 4.88. The second-order valence-corrected chi connectivity index (χ2v) is 8.70. The highest BCUT2D eigenvalue weighted by atomic mass is 32.1. The van der Waals surface area contributed by atoms with Crippen LogP contribution in [0.5, 0.6) is 0 Å². The molecule has 8 heteroatoms. The lowest BCUT2D eigenvalue weighted by Gasteiger charge is -2.08. The first-order chi connectivity index (χ1) is 15.5. The summed E-state index contributed by atoms with van der Waals surface area (Å²) in [4.78, 5) is 18.6. The van der Waals surface area contributed by atoms with Gasteiger partial charge < -0.3 is 5.32 Å². The van der Waals surface area contributed by atoms with Crippen molar-refractivity contribution in [3.05, 3.63) is 88.3 Å². The number of hydrogen-bond donors (Lipinski definition) is 1. The molecule has 0 spiro atoms. The minimum atomic E-state index is -0.253. The summed E-state index contributed by atoms with van der Waals surface area (Å²) in [5.74, 6) is -0.253. The smallest absolute Gasteiger partial charge is 0.261 e. The first kappa shape index (κ1) is 20.1. The highest BCUT2D eigenvalue weighted by Crippen LogP contribution is 2.26. The van der Waals surface area contributed by atoms with E-state index < -0.39 is 0 Å². The number of rotatable bonds is 5. The van der Waals surface area contributed by atoms with Gasteiger partial charge in [-0.3, -0.25) is 9.48 Å². The zero-order chi connectivity index (χ0) is 22.2. The third kappa shape index (κ3) is 3.58. The van der Waals surface area contributed by atoms with Gasteiger partial charge in [-0.15, -0.1) is 11.3 Å². The predicted molar refractivity (Wildman–Crippen MR) is 126 cm³/mol. The Kier molecular flexibility index (Phi) is 5.07. The van der Waals surface area contributed by atoms with Crippen molar-refractivity contribution in [1.29, 1.82) is 0 Å². The molecule has 1 N–H and O–H groups in total. The van der Waals surface area contributed by atoms with Gasteiger partial charge in [0, 0.05) is 6.20 Å². The van der Waals surface area contributed by atoms with Gasteiger partial charge in [0.15, 0.2) is 5.65 Å². The SMILES string of the molecule is Cc1cccc(Cn2nc(C)c(NC(=O)c3cnn4c(-c5cccs5)ccnc34)c2C)c1. The van der Waals surface area contributed by atoms with Crippen molar-refractivity contribution in [1.82, 2.24) is 24.4 Å². The molecule has 5 aromatic rings. The number of nitrogens with one attached hydrogen (secondary N) is 1. The van der Waals surface area contributed by atoms with Crippen LogP contribution in [0.4, 0.5) is 5.69 Å². The van der Waals surface area contributed by atoms with Crippen molar-refractivity contribution >= 4 is 28.6 Å². The van der Waals surface area contributed by atoms with E-state index in [-0.39, 0.29) is 5.91 Å². The van der Waals surface area contributed by atoms with E-state index >= 15 is 0 Å². The van der Waals surface area contributed by atoms with Gasteiger partial charge in [-0.1, -0.05) is 35.9 Å². The Morgan fingerprint density at radius 2 is 2.00 bits per heavy atom. The summed E-state index contributed by atoms with van der Waals surface area (Å²) < 4.78 is 3.63. The zero-order valence-electron chi connectivity index (χ0n) is 18.0. The molecule has 160 valence electrons. The quantitative estimate of drug-likeness (QED) is 0.421. The third-order valence-corrected chi connectivity index (χ3v) is 6.35. The molecule has 0 saturated heterocycles. The lowest BCUT2D eigenvalue weighted by atomic mass is 10.1. The molecular weight excluding hydrogens is 420 g/mol. The number of carbonyl (C=O) groups excluding carboxylic acids is 1. The maximum atomic E-state index is 13.2. The van der Waals surface area contributed by atoms with Gasteiger partial charge >= 0.3 is 0 Å². The Morgan fingerprint density at radius 1 is 1.12 bits per heavy atom. The fraction of sp³-hybridized carbons (Fsp3) is 0.167. The standard InChI is InChI=1S/C24H22N6OS/c1-15-6-4-7-18(12-15)14-29-17(3)22(16(2)28-29)27-24(31)19-13-26-30-20(9-10-25-23(19)30)21-8-5-11-32-21/h4-13H,14H2,1-3H3,(H,27,31). The molecular formula is C24H22N6OS. The van der Waals surface area contributed by atoms with E-state index in [1.165, 1.54) is 11.1 Å². The number of fused-ring (bicyclic) bond motifs is 1. The van der Waals surface area contributed by atoms with E-state index in [1.54, 1.807) is 28.2 Å². The molecule has 4 aromatic heterocycles. The highest BCUT2D eigenvalue weighted by molar-refractivity contribution is 7.13. The Hall–Kier alpha value is -3.78. The van der Waals surface area contributed by atoms with Gasteiger partial charge in [0.2, 0.25) is 0 Å². The van der Waals surface area contributed by atoms with Crippen LogP contribution in [0.25, 0.3) is 16.2 Å². The van der Waals surface area contributed by atoms with Crippen LogP contribution < -0.4 is 5.32 Å². The summed E-state index contributed by atoms with van der Waals surface area (Å²) >= 11 is 1.62. The van der Waals surface area contributed by atoms with Crippen LogP contribution in [-0.4, -0.2) is 30.3 Å². The van der Waals surface area contributed by atoms with Crippen LogP contribution in [0.15, 0.2) is 60.2 Å². The average molecular weight is 443 g/mol. The van der Waals surface area contributed by atoms with E-state index in [0.29, 0.717) is 17.8 Å². The van der Waals surface area contributed by atoms with Crippen molar-refractivity contribution in [3.63, 3.8) is 0 Å². The van der Waals surface area contributed by atoms with Crippen molar-refractivity contribution in [2.75, 3.05) is 5.32 Å². The van der Waals surface area contributed by atoms with Gasteiger partial charge in [-0.05, 0) is 43.8 Å². The monoisotopic (exact) mass is 442 g/mol. The van der Waals surface area contributed by atoms with E-state index in [9.17, 15) is 4.79 Å². The largest absolute Gasteiger partial charge is 0.319 e. The van der Waals surface area contributed by atoms with Crippen LogP contribution in [0.3, 0.4) is 0 Å². The van der Waals surface area contributed by atoms with Crippen molar-refractivity contribution in [2.45, 2.75) is 27.3 Å². The fourth-order valence-corrected chi connectivity index (χ4v) is 4.59. The third-order valence-electron chi connectivity index (χ3n) is 5.45. The van der Waals surface area contributed by atoms with Gasteiger partial charge in [-0.25, -0.2) is 9.50 Å². The van der Waals surface area contributed by atoms with Gasteiger partial charge in [0.1, 0.15) is 5.56 Å². The second kappa shape index (κ2) is 8.05. The molecule has 0 aliphatic heterocycles. The Balaban J connectivity index is 1.44. The molecule has 0 aliphatic carbocycles. The summed E-state index contributed by atoms with van der Waals surface area (Å²) in [6.07, 6.45) is 3.27. The minimum absolute atomic E-state index is 0.253. The summed E-state index contributed by atoms with van der Waals surface area (Å²) in [6, 6.07) is 14.3.